The standard InChI is InChI=1S/C23H23NO4S2/c1-4-5-19-16(8-11-18(14(2)25)21(19)27-3)13-28-17-9-6-15(7-10-17)12-20-22(26)24-23(29)30-20/h6-12H,4-5,13H2,1-3H3,(H,24,26,29)/b20-12-. The monoisotopic (exact) mass is 441 g/mol. The summed E-state index contributed by atoms with van der Waals surface area (Å²) in [5, 5.41) is 2.60. The fourth-order valence-corrected chi connectivity index (χ4v) is 4.28. The van der Waals surface area contributed by atoms with Crippen molar-refractivity contribution in [2.45, 2.75) is 33.3 Å². The van der Waals surface area contributed by atoms with Crippen LogP contribution in [0.3, 0.4) is 0 Å². The van der Waals surface area contributed by atoms with E-state index in [2.05, 4.69) is 12.2 Å². The highest BCUT2D eigenvalue weighted by molar-refractivity contribution is 8.26. The molecule has 1 N–H and O–H groups in total. The molecule has 5 nitrogen and oxygen atoms in total. The maximum Gasteiger partial charge on any atom is 0.263 e. The van der Waals surface area contributed by atoms with Gasteiger partial charge in [-0.1, -0.05) is 55.5 Å². The van der Waals surface area contributed by atoms with Gasteiger partial charge < -0.3 is 14.8 Å². The van der Waals surface area contributed by atoms with E-state index in [1.165, 1.54) is 11.8 Å². The average Bonchev–Trinajstić information content (AvgIpc) is 3.04. The number of thioether (sulfide) groups is 1. The van der Waals surface area contributed by atoms with Gasteiger partial charge in [-0.3, -0.25) is 9.59 Å². The second kappa shape index (κ2) is 9.91. The molecule has 1 amide bonds. The first kappa shape index (κ1) is 22.1. The van der Waals surface area contributed by atoms with Gasteiger partial charge in [-0.25, -0.2) is 0 Å². The molecular weight excluding hydrogens is 418 g/mol. The number of carbonyl (C=O) groups is 2. The largest absolute Gasteiger partial charge is 0.496 e. The van der Waals surface area contributed by atoms with Crippen LogP contribution in [-0.4, -0.2) is 23.1 Å². The smallest absolute Gasteiger partial charge is 0.263 e. The molecule has 0 spiro atoms. The molecule has 0 aliphatic carbocycles. The van der Waals surface area contributed by atoms with Crippen LogP contribution in [0.25, 0.3) is 6.08 Å². The number of nitrogens with one attached hydrogen (secondary N) is 1. The van der Waals surface area contributed by atoms with Crippen LogP contribution in [0.1, 0.15) is 47.3 Å². The van der Waals surface area contributed by atoms with Crippen molar-refractivity contribution in [3.8, 4) is 11.5 Å². The van der Waals surface area contributed by atoms with Crippen molar-refractivity contribution in [3.63, 3.8) is 0 Å². The van der Waals surface area contributed by atoms with Gasteiger partial charge in [-0.15, -0.1) is 0 Å². The average molecular weight is 442 g/mol. The van der Waals surface area contributed by atoms with Crippen molar-refractivity contribution in [1.29, 1.82) is 0 Å². The molecule has 1 heterocycles. The van der Waals surface area contributed by atoms with E-state index in [1.54, 1.807) is 26.2 Å². The third-order valence-electron chi connectivity index (χ3n) is 4.66. The fraction of sp³-hybridized carbons (Fsp3) is 0.261. The number of ketones is 1. The predicted molar refractivity (Wildman–Crippen MR) is 124 cm³/mol. The Labute approximate surface area is 185 Å². The van der Waals surface area contributed by atoms with E-state index in [0.29, 0.717) is 32.9 Å². The van der Waals surface area contributed by atoms with Gasteiger partial charge in [0.15, 0.2) is 5.78 Å². The molecule has 2 aromatic carbocycles. The first-order chi connectivity index (χ1) is 14.4. The molecule has 0 bridgehead atoms. The first-order valence-electron chi connectivity index (χ1n) is 9.60. The number of rotatable bonds is 8. The Balaban J connectivity index is 1.75. The molecule has 1 aliphatic heterocycles. The van der Waals surface area contributed by atoms with Gasteiger partial charge in [0.1, 0.15) is 22.4 Å². The van der Waals surface area contributed by atoms with Gasteiger partial charge in [0, 0.05) is 5.56 Å². The number of amides is 1. The summed E-state index contributed by atoms with van der Waals surface area (Å²) in [7, 11) is 1.59. The minimum atomic E-state index is -0.170. The molecule has 3 rings (SSSR count). The summed E-state index contributed by atoms with van der Waals surface area (Å²) >= 11 is 6.26. The van der Waals surface area contributed by atoms with Crippen LogP contribution in [0.2, 0.25) is 0 Å². The van der Waals surface area contributed by atoms with Crippen LogP contribution in [0.4, 0.5) is 0 Å². The minimum Gasteiger partial charge on any atom is -0.496 e. The minimum absolute atomic E-state index is 0.0174. The number of benzene rings is 2. The van der Waals surface area contributed by atoms with E-state index in [-0.39, 0.29) is 11.7 Å². The normalized spacial score (nSPS) is 14.7. The molecule has 0 unspecified atom stereocenters. The molecule has 0 radical (unpaired) electrons. The Morgan fingerprint density at radius 2 is 1.93 bits per heavy atom. The molecule has 0 atom stereocenters. The zero-order chi connectivity index (χ0) is 21.7. The van der Waals surface area contributed by atoms with Crippen molar-refractivity contribution in [1.82, 2.24) is 5.32 Å². The lowest BCUT2D eigenvalue weighted by Crippen LogP contribution is -2.17. The number of Topliss-reactive ketones (excluding diaryl/α,β-unsaturated/α-hetero) is 1. The zero-order valence-corrected chi connectivity index (χ0v) is 18.7. The molecule has 0 saturated carbocycles. The molecule has 1 fully saturated rings. The maximum atomic E-state index is 11.9. The SMILES string of the molecule is CCCc1c(COc2ccc(/C=C3\SC(=S)NC3=O)cc2)ccc(C(C)=O)c1OC. The summed E-state index contributed by atoms with van der Waals surface area (Å²) in [6, 6.07) is 11.2. The van der Waals surface area contributed by atoms with Crippen LogP contribution in [0.5, 0.6) is 11.5 Å². The summed E-state index contributed by atoms with van der Waals surface area (Å²) in [6.45, 7) is 4.01. The zero-order valence-electron chi connectivity index (χ0n) is 17.1. The highest BCUT2D eigenvalue weighted by Gasteiger charge is 2.22. The summed E-state index contributed by atoms with van der Waals surface area (Å²) in [4.78, 5) is 24.3. The van der Waals surface area contributed by atoms with Crippen molar-refractivity contribution in [2.75, 3.05) is 7.11 Å². The third kappa shape index (κ3) is 5.09. The molecule has 0 aromatic heterocycles. The number of hydrogen-bond donors (Lipinski definition) is 1. The van der Waals surface area contributed by atoms with Crippen LogP contribution in [0, 0.1) is 0 Å². The Hall–Kier alpha value is -2.64. The third-order valence-corrected chi connectivity index (χ3v) is 5.82. The van der Waals surface area contributed by atoms with Gasteiger partial charge in [0.2, 0.25) is 0 Å². The highest BCUT2D eigenvalue weighted by atomic mass is 32.2. The molecule has 7 heteroatoms. The Morgan fingerprint density at radius 3 is 2.50 bits per heavy atom. The topological polar surface area (TPSA) is 64.6 Å². The Bertz CT molecular complexity index is 1010. The molecule has 156 valence electrons. The number of carbonyl (C=O) groups excluding carboxylic acids is 2. The molecular formula is C23H23NO4S2. The number of methoxy groups -OCH3 is 1. The highest BCUT2D eigenvalue weighted by Crippen LogP contribution is 2.30. The van der Waals surface area contributed by atoms with Crippen LogP contribution in [0.15, 0.2) is 41.3 Å². The summed E-state index contributed by atoms with van der Waals surface area (Å²) in [5.74, 6) is 1.17. The number of thiocarbonyl (C=S) groups is 1. The predicted octanol–water partition coefficient (Wildman–Crippen LogP) is 4.92. The lowest BCUT2D eigenvalue weighted by atomic mass is 9.97. The lowest BCUT2D eigenvalue weighted by molar-refractivity contribution is -0.115. The quantitative estimate of drug-likeness (QED) is 0.356. The van der Waals surface area contributed by atoms with Crippen molar-refractivity contribution in [2.24, 2.45) is 0 Å². The van der Waals surface area contributed by atoms with Gasteiger partial charge in [0.05, 0.1) is 17.6 Å². The van der Waals surface area contributed by atoms with E-state index < -0.39 is 0 Å². The molecule has 30 heavy (non-hydrogen) atoms. The number of ether oxygens (including phenoxy) is 2. The first-order valence-corrected chi connectivity index (χ1v) is 10.8. The second-order valence-corrected chi connectivity index (χ2v) is 8.52. The summed E-state index contributed by atoms with van der Waals surface area (Å²) in [5.41, 5.74) is 3.49. The fourth-order valence-electron chi connectivity index (χ4n) is 3.23. The van der Waals surface area contributed by atoms with Gasteiger partial charge in [0.25, 0.3) is 5.91 Å². The van der Waals surface area contributed by atoms with E-state index in [0.717, 1.165) is 29.5 Å². The van der Waals surface area contributed by atoms with Crippen molar-refractivity contribution < 1.29 is 19.1 Å². The maximum absolute atomic E-state index is 11.9. The number of hydrogen-bond acceptors (Lipinski definition) is 6. The van der Waals surface area contributed by atoms with Gasteiger partial charge in [-0.05, 0) is 48.7 Å². The summed E-state index contributed by atoms with van der Waals surface area (Å²) in [6.07, 6.45) is 3.54. The van der Waals surface area contributed by atoms with E-state index in [1.807, 2.05) is 30.3 Å². The lowest BCUT2D eigenvalue weighted by Gasteiger charge is -2.17. The van der Waals surface area contributed by atoms with E-state index in [9.17, 15) is 9.59 Å². The molecule has 2 aromatic rings. The Morgan fingerprint density at radius 1 is 1.20 bits per heavy atom. The van der Waals surface area contributed by atoms with Crippen LogP contribution < -0.4 is 14.8 Å². The van der Waals surface area contributed by atoms with Gasteiger partial charge in [-0.2, -0.15) is 0 Å². The molecule has 1 aliphatic rings. The van der Waals surface area contributed by atoms with E-state index in [4.69, 9.17) is 21.7 Å². The summed E-state index contributed by atoms with van der Waals surface area (Å²) < 4.78 is 12.0. The van der Waals surface area contributed by atoms with Gasteiger partial charge >= 0.3 is 0 Å². The molecule has 1 saturated heterocycles. The van der Waals surface area contributed by atoms with Crippen molar-refractivity contribution >= 4 is 46.1 Å². The van der Waals surface area contributed by atoms with Crippen molar-refractivity contribution in [3.05, 3.63) is 63.6 Å². The van der Waals surface area contributed by atoms with Crippen LogP contribution in [-0.2, 0) is 17.8 Å². The second-order valence-electron chi connectivity index (χ2n) is 6.80. The van der Waals surface area contributed by atoms with Crippen LogP contribution >= 0.6 is 24.0 Å². The van der Waals surface area contributed by atoms with E-state index >= 15 is 0 Å². The Kier molecular flexibility index (Phi) is 7.29.